The second kappa shape index (κ2) is 4.76. The lowest BCUT2D eigenvalue weighted by Gasteiger charge is -2.20. The van der Waals surface area contributed by atoms with Crippen molar-refractivity contribution >= 4 is 21.7 Å². The molecule has 1 unspecified atom stereocenters. The summed E-state index contributed by atoms with van der Waals surface area (Å²) in [4.78, 5) is 6.22. The maximum atomic E-state index is 12.7. The molecule has 1 aliphatic rings. The highest BCUT2D eigenvalue weighted by atomic mass is 32.2. The molecule has 3 aromatic rings. The Morgan fingerprint density at radius 3 is 2.76 bits per heavy atom. The Labute approximate surface area is 124 Å². The van der Waals surface area contributed by atoms with Crippen LogP contribution in [0.2, 0.25) is 0 Å². The van der Waals surface area contributed by atoms with Crippen molar-refractivity contribution in [2.24, 2.45) is 0 Å². The van der Waals surface area contributed by atoms with Gasteiger partial charge in [0.15, 0.2) is 0 Å². The first-order chi connectivity index (χ1) is 10.3. The van der Waals surface area contributed by atoms with Gasteiger partial charge in [0.2, 0.25) is 0 Å². The third-order valence-corrected chi connectivity index (χ3v) is 5.48. The molecule has 1 aromatic heterocycles. The van der Waals surface area contributed by atoms with Gasteiger partial charge in [0.05, 0.1) is 28.6 Å². The predicted molar refractivity (Wildman–Crippen MR) is 81.6 cm³/mol. The summed E-state index contributed by atoms with van der Waals surface area (Å²) >= 11 is 0. The number of aromatic nitrogens is 1. The Bertz CT molecular complexity index is 889. The van der Waals surface area contributed by atoms with E-state index in [9.17, 15) is 9.32 Å². The van der Waals surface area contributed by atoms with Crippen molar-refractivity contribution in [1.82, 2.24) is 4.98 Å². The van der Waals surface area contributed by atoms with Crippen LogP contribution in [0.5, 0.6) is 0 Å². The van der Waals surface area contributed by atoms with Gasteiger partial charge in [-0.25, -0.2) is 4.21 Å². The quantitative estimate of drug-likeness (QED) is 0.587. The number of rotatable bonds is 1. The Morgan fingerprint density at radius 1 is 1.05 bits per heavy atom. The van der Waals surface area contributed by atoms with Crippen LogP contribution in [0.3, 0.4) is 0 Å². The fourth-order valence-electron chi connectivity index (χ4n) is 2.87. The molecule has 1 atom stereocenters. The Hall–Kier alpha value is -2.04. The summed E-state index contributed by atoms with van der Waals surface area (Å²) in [6, 6.07) is 15.5. The molecule has 3 nitrogen and oxygen atoms in total. The van der Waals surface area contributed by atoms with Crippen molar-refractivity contribution in [3.8, 4) is 0 Å². The average molecular weight is 295 g/mol. The molecule has 104 valence electrons. The third kappa shape index (κ3) is 1.91. The van der Waals surface area contributed by atoms with Gasteiger partial charge in [-0.05, 0) is 35.4 Å². The van der Waals surface area contributed by atoms with E-state index in [-0.39, 0.29) is 6.61 Å². The Balaban J connectivity index is 1.98. The minimum absolute atomic E-state index is 0.0677. The number of fused-ring (bicyclic) bond motifs is 4. The van der Waals surface area contributed by atoms with Crippen molar-refractivity contribution in [2.45, 2.75) is 22.8 Å². The summed E-state index contributed by atoms with van der Waals surface area (Å²) in [5.74, 6) is 0. The van der Waals surface area contributed by atoms with Gasteiger partial charge in [-0.2, -0.15) is 0 Å². The maximum absolute atomic E-state index is 12.7. The van der Waals surface area contributed by atoms with Crippen LogP contribution in [-0.2, 0) is 23.8 Å². The largest absolute Gasteiger partial charge is 0.390 e. The first kappa shape index (κ1) is 12.7. The summed E-state index contributed by atoms with van der Waals surface area (Å²) in [7, 11) is -1.13. The van der Waals surface area contributed by atoms with Crippen LogP contribution in [0.15, 0.2) is 58.3 Å². The molecule has 2 heterocycles. The normalized spacial score (nSPS) is 16.5. The second-order valence-corrected chi connectivity index (χ2v) is 6.54. The number of aliphatic hydroxyl groups is 1. The summed E-state index contributed by atoms with van der Waals surface area (Å²) < 4.78 is 12.7. The molecule has 4 heteroatoms. The average Bonchev–Trinajstić information content (AvgIpc) is 2.54. The zero-order valence-electron chi connectivity index (χ0n) is 11.2. The molecular weight excluding hydrogens is 282 g/mol. The number of benzene rings is 2. The van der Waals surface area contributed by atoms with Crippen LogP contribution >= 0.6 is 0 Å². The molecule has 1 aliphatic heterocycles. The molecule has 0 amide bonds. The molecule has 0 aliphatic carbocycles. The van der Waals surface area contributed by atoms with Gasteiger partial charge in [-0.3, -0.25) is 4.98 Å². The molecule has 0 bridgehead atoms. The van der Waals surface area contributed by atoms with E-state index in [1.165, 1.54) is 0 Å². The van der Waals surface area contributed by atoms with Gasteiger partial charge in [0.25, 0.3) is 0 Å². The fraction of sp³-hybridized carbons (Fsp3) is 0.118. The number of hydrogen-bond acceptors (Lipinski definition) is 3. The summed E-state index contributed by atoms with van der Waals surface area (Å²) in [6.45, 7) is -0.0677. The lowest BCUT2D eigenvalue weighted by atomic mass is 9.99. The van der Waals surface area contributed by atoms with Crippen molar-refractivity contribution in [3.05, 3.63) is 65.4 Å². The molecule has 2 aromatic carbocycles. The first-order valence-corrected chi connectivity index (χ1v) is 7.95. The summed E-state index contributed by atoms with van der Waals surface area (Å²) in [5, 5.41) is 10.2. The number of aliphatic hydroxyl groups excluding tert-OH is 1. The van der Waals surface area contributed by atoms with Crippen molar-refractivity contribution in [2.75, 3.05) is 0 Å². The van der Waals surface area contributed by atoms with Crippen LogP contribution < -0.4 is 0 Å². The fourth-order valence-corrected chi connectivity index (χ4v) is 4.29. The van der Waals surface area contributed by atoms with Crippen molar-refractivity contribution < 1.29 is 9.32 Å². The Morgan fingerprint density at radius 2 is 1.90 bits per heavy atom. The van der Waals surface area contributed by atoms with Crippen LogP contribution in [-0.4, -0.2) is 14.3 Å². The lowest BCUT2D eigenvalue weighted by Crippen LogP contribution is -2.10. The number of hydrogen-bond donors (Lipinski definition) is 1. The molecule has 0 fully saturated rings. The highest BCUT2D eigenvalue weighted by molar-refractivity contribution is 7.85. The lowest BCUT2D eigenvalue weighted by molar-refractivity contribution is 0.277. The zero-order valence-corrected chi connectivity index (χ0v) is 12.1. The molecule has 4 rings (SSSR count). The van der Waals surface area contributed by atoms with Crippen LogP contribution in [0.1, 0.15) is 16.8 Å². The standard InChI is InChI=1S/C17H13NO2S/c19-10-12-5-6-13-14-9-11-3-1-2-4-16(11)21(20)17(14)8-7-15(13)18-12/h1-8,19H,9-10H2. The highest BCUT2D eigenvalue weighted by Gasteiger charge is 2.23. The van der Waals surface area contributed by atoms with Gasteiger partial charge in [0, 0.05) is 21.6 Å². The van der Waals surface area contributed by atoms with E-state index in [1.807, 2.05) is 48.5 Å². The molecule has 0 saturated carbocycles. The van der Waals surface area contributed by atoms with E-state index >= 15 is 0 Å². The number of nitrogens with zero attached hydrogens (tertiary/aromatic N) is 1. The zero-order chi connectivity index (χ0) is 14.4. The van der Waals surface area contributed by atoms with E-state index < -0.39 is 10.8 Å². The topological polar surface area (TPSA) is 50.2 Å². The van der Waals surface area contributed by atoms with Gasteiger partial charge in [-0.1, -0.05) is 24.3 Å². The number of pyridine rings is 1. The second-order valence-electron chi connectivity index (χ2n) is 5.12. The monoisotopic (exact) mass is 295 g/mol. The predicted octanol–water partition coefficient (Wildman–Crippen LogP) is 2.80. The third-order valence-electron chi connectivity index (χ3n) is 3.90. The van der Waals surface area contributed by atoms with Crippen molar-refractivity contribution in [3.63, 3.8) is 0 Å². The van der Waals surface area contributed by atoms with E-state index in [2.05, 4.69) is 4.98 Å². The summed E-state index contributed by atoms with van der Waals surface area (Å²) in [5.41, 5.74) is 3.69. The van der Waals surface area contributed by atoms with Crippen molar-refractivity contribution in [1.29, 1.82) is 0 Å². The Kier molecular flexibility index (Phi) is 2.87. The van der Waals surface area contributed by atoms with Gasteiger partial charge < -0.3 is 5.11 Å². The maximum Gasteiger partial charge on any atom is 0.0855 e. The van der Waals surface area contributed by atoms with Crippen LogP contribution in [0.4, 0.5) is 0 Å². The molecule has 1 N–H and O–H groups in total. The van der Waals surface area contributed by atoms with Gasteiger partial charge in [0.1, 0.15) is 0 Å². The van der Waals surface area contributed by atoms with E-state index in [1.54, 1.807) is 0 Å². The van der Waals surface area contributed by atoms with Gasteiger partial charge >= 0.3 is 0 Å². The molecule has 0 radical (unpaired) electrons. The van der Waals surface area contributed by atoms with Crippen LogP contribution in [0, 0.1) is 0 Å². The van der Waals surface area contributed by atoms with E-state index in [0.29, 0.717) is 5.69 Å². The van der Waals surface area contributed by atoms with Crippen LogP contribution in [0.25, 0.3) is 10.9 Å². The smallest absolute Gasteiger partial charge is 0.0855 e. The molecule has 0 spiro atoms. The minimum Gasteiger partial charge on any atom is -0.390 e. The van der Waals surface area contributed by atoms with E-state index in [4.69, 9.17) is 0 Å². The molecule has 0 saturated heterocycles. The first-order valence-electron chi connectivity index (χ1n) is 6.80. The highest BCUT2D eigenvalue weighted by Crippen LogP contribution is 2.35. The van der Waals surface area contributed by atoms with E-state index in [0.717, 1.165) is 38.2 Å². The SMILES string of the molecule is O=S1c2ccccc2Cc2c1ccc1nc(CO)ccc21. The summed E-state index contributed by atoms with van der Waals surface area (Å²) in [6.07, 6.45) is 0.773. The minimum atomic E-state index is -1.13. The molecular formula is C17H13NO2S. The van der Waals surface area contributed by atoms with Gasteiger partial charge in [-0.15, -0.1) is 0 Å². The molecule has 21 heavy (non-hydrogen) atoms.